The van der Waals surface area contributed by atoms with E-state index in [1.165, 1.54) is 7.11 Å². The van der Waals surface area contributed by atoms with Crippen molar-refractivity contribution < 1.29 is 19.5 Å². The topological polar surface area (TPSA) is 68.1 Å². The Morgan fingerprint density at radius 3 is 2.62 bits per heavy atom. The summed E-state index contributed by atoms with van der Waals surface area (Å²) < 4.78 is 10.2. The number of hydrogen-bond acceptors (Lipinski definition) is 5. The summed E-state index contributed by atoms with van der Waals surface area (Å²) in [5.74, 6) is 0.762. The van der Waals surface area contributed by atoms with Crippen LogP contribution in [0.3, 0.4) is 0 Å². The first-order valence-electron chi connectivity index (χ1n) is 4.71. The first-order chi connectivity index (χ1) is 7.71. The molecule has 1 aromatic rings. The van der Waals surface area contributed by atoms with Crippen molar-refractivity contribution in [3.63, 3.8) is 0 Å². The van der Waals surface area contributed by atoms with Gasteiger partial charge in [-0.3, -0.25) is 4.79 Å². The van der Waals surface area contributed by atoms with Crippen molar-refractivity contribution >= 4 is 11.5 Å². The summed E-state index contributed by atoms with van der Waals surface area (Å²) >= 11 is 0. The molecular formula is C11H11NO4. The fraction of sp³-hybridized carbons (Fsp3) is 0.273. The van der Waals surface area contributed by atoms with Crippen LogP contribution < -0.4 is 9.47 Å². The summed E-state index contributed by atoms with van der Waals surface area (Å²) in [6.45, 7) is 0. The van der Waals surface area contributed by atoms with E-state index in [2.05, 4.69) is 5.16 Å². The molecule has 0 atom stereocenters. The van der Waals surface area contributed by atoms with Crippen LogP contribution in [0.25, 0.3) is 0 Å². The molecular weight excluding hydrogens is 210 g/mol. The molecule has 0 spiro atoms. The number of oxime groups is 1. The number of rotatable bonds is 2. The van der Waals surface area contributed by atoms with Crippen LogP contribution >= 0.6 is 0 Å². The molecule has 2 rings (SSSR count). The summed E-state index contributed by atoms with van der Waals surface area (Å²) in [7, 11) is 3.02. The molecule has 0 saturated carbocycles. The third-order valence-corrected chi connectivity index (χ3v) is 2.58. The van der Waals surface area contributed by atoms with Crippen molar-refractivity contribution in [2.45, 2.75) is 6.42 Å². The van der Waals surface area contributed by atoms with E-state index in [1.54, 1.807) is 19.2 Å². The van der Waals surface area contributed by atoms with E-state index in [0.29, 0.717) is 23.5 Å². The van der Waals surface area contributed by atoms with Gasteiger partial charge in [0.2, 0.25) is 5.78 Å². The second kappa shape index (κ2) is 3.84. The lowest BCUT2D eigenvalue weighted by atomic mass is 10.1. The number of fused-ring (bicyclic) bond motifs is 1. The highest BCUT2D eigenvalue weighted by Crippen LogP contribution is 2.33. The first kappa shape index (κ1) is 10.5. The van der Waals surface area contributed by atoms with E-state index in [0.717, 1.165) is 5.56 Å². The minimum Gasteiger partial charge on any atom is -0.497 e. The summed E-state index contributed by atoms with van der Waals surface area (Å²) in [5.41, 5.74) is 1.34. The largest absolute Gasteiger partial charge is 0.497 e. The van der Waals surface area contributed by atoms with Gasteiger partial charge in [0, 0.05) is 12.5 Å². The fourth-order valence-corrected chi connectivity index (χ4v) is 1.81. The predicted molar refractivity (Wildman–Crippen MR) is 56.8 cm³/mol. The van der Waals surface area contributed by atoms with E-state index in [9.17, 15) is 4.79 Å². The molecule has 1 aliphatic rings. The van der Waals surface area contributed by atoms with Gasteiger partial charge in [-0.2, -0.15) is 0 Å². The monoisotopic (exact) mass is 221 g/mol. The van der Waals surface area contributed by atoms with Gasteiger partial charge in [0.25, 0.3) is 0 Å². The lowest BCUT2D eigenvalue weighted by Gasteiger charge is -2.08. The number of Topliss-reactive ketones (excluding diaryl/α,β-unsaturated/α-hetero) is 1. The third kappa shape index (κ3) is 1.41. The molecule has 0 heterocycles. The Balaban J connectivity index is 2.60. The molecule has 0 saturated heterocycles. The van der Waals surface area contributed by atoms with Gasteiger partial charge in [-0.05, 0) is 11.6 Å². The second-order valence-corrected chi connectivity index (χ2v) is 3.42. The minimum atomic E-state index is -0.294. The molecule has 0 fully saturated rings. The van der Waals surface area contributed by atoms with Crippen LogP contribution in [0.4, 0.5) is 0 Å². The normalized spacial score (nSPS) is 16.4. The zero-order chi connectivity index (χ0) is 11.7. The summed E-state index contributed by atoms with van der Waals surface area (Å²) in [5, 5.41) is 11.7. The SMILES string of the molecule is COc1cc2c(c(OC)c1)C(=O)C(=NO)C2. The molecule has 5 nitrogen and oxygen atoms in total. The number of hydrogen-bond donors (Lipinski definition) is 1. The van der Waals surface area contributed by atoms with Crippen LogP contribution in [0.2, 0.25) is 0 Å². The maximum Gasteiger partial charge on any atom is 0.214 e. The summed E-state index contributed by atoms with van der Waals surface area (Å²) in [4.78, 5) is 11.8. The van der Waals surface area contributed by atoms with Gasteiger partial charge in [-0.15, -0.1) is 0 Å². The van der Waals surface area contributed by atoms with Crippen molar-refractivity contribution in [1.29, 1.82) is 0 Å². The standard InChI is InChI=1S/C11H11NO4/c1-15-7-3-6-4-8(12-14)11(13)10(6)9(5-7)16-2/h3,5,14H,4H2,1-2H3. The number of ether oxygens (including phenoxy) is 2. The van der Waals surface area contributed by atoms with Gasteiger partial charge in [0.05, 0.1) is 19.8 Å². The molecule has 5 heteroatoms. The van der Waals surface area contributed by atoms with Gasteiger partial charge in [0.15, 0.2) is 0 Å². The number of carbonyl (C=O) groups excluding carboxylic acids is 1. The first-order valence-corrected chi connectivity index (χ1v) is 4.71. The molecule has 0 aromatic heterocycles. The van der Waals surface area contributed by atoms with Crippen molar-refractivity contribution in [2.24, 2.45) is 5.16 Å². The Morgan fingerprint density at radius 2 is 2.06 bits per heavy atom. The number of benzene rings is 1. The maximum atomic E-state index is 11.8. The van der Waals surface area contributed by atoms with Crippen molar-refractivity contribution in [1.82, 2.24) is 0 Å². The van der Waals surface area contributed by atoms with E-state index >= 15 is 0 Å². The van der Waals surface area contributed by atoms with E-state index < -0.39 is 0 Å². The zero-order valence-corrected chi connectivity index (χ0v) is 8.98. The van der Waals surface area contributed by atoms with Crippen LogP contribution in [-0.2, 0) is 6.42 Å². The van der Waals surface area contributed by atoms with Crippen LogP contribution in [0.1, 0.15) is 15.9 Å². The van der Waals surface area contributed by atoms with Crippen LogP contribution in [0, 0.1) is 0 Å². The van der Waals surface area contributed by atoms with Gasteiger partial charge in [-0.25, -0.2) is 0 Å². The predicted octanol–water partition coefficient (Wildman–Crippen LogP) is 1.27. The molecule has 16 heavy (non-hydrogen) atoms. The van der Waals surface area contributed by atoms with Crippen molar-refractivity contribution in [2.75, 3.05) is 14.2 Å². The fourth-order valence-electron chi connectivity index (χ4n) is 1.81. The van der Waals surface area contributed by atoms with Gasteiger partial charge >= 0.3 is 0 Å². The average Bonchev–Trinajstić information content (AvgIpc) is 2.65. The van der Waals surface area contributed by atoms with Gasteiger partial charge in [-0.1, -0.05) is 5.16 Å². The highest BCUT2D eigenvalue weighted by molar-refractivity contribution is 6.50. The number of carbonyl (C=O) groups is 1. The zero-order valence-electron chi connectivity index (χ0n) is 8.98. The highest BCUT2D eigenvalue weighted by Gasteiger charge is 2.31. The quantitative estimate of drug-likeness (QED) is 0.603. The molecule has 1 N–H and O–H groups in total. The molecule has 0 bridgehead atoms. The van der Waals surface area contributed by atoms with Crippen molar-refractivity contribution in [3.8, 4) is 11.5 Å². The lowest BCUT2D eigenvalue weighted by Crippen LogP contribution is -2.08. The Morgan fingerprint density at radius 1 is 1.31 bits per heavy atom. The molecule has 0 amide bonds. The molecule has 0 aliphatic heterocycles. The summed E-state index contributed by atoms with van der Waals surface area (Å²) in [6.07, 6.45) is 0.304. The average molecular weight is 221 g/mol. The third-order valence-electron chi connectivity index (χ3n) is 2.58. The Hall–Kier alpha value is -2.04. The number of methoxy groups -OCH3 is 2. The molecule has 1 aromatic carbocycles. The molecule has 0 unspecified atom stereocenters. The van der Waals surface area contributed by atoms with Gasteiger partial charge < -0.3 is 14.7 Å². The molecule has 84 valence electrons. The van der Waals surface area contributed by atoms with E-state index in [-0.39, 0.29) is 11.5 Å². The van der Waals surface area contributed by atoms with E-state index in [4.69, 9.17) is 14.7 Å². The summed E-state index contributed by atoms with van der Waals surface area (Å²) in [6, 6.07) is 3.38. The van der Waals surface area contributed by atoms with Crippen LogP contribution in [-0.4, -0.2) is 30.9 Å². The highest BCUT2D eigenvalue weighted by atomic mass is 16.5. The Labute approximate surface area is 92.3 Å². The smallest absolute Gasteiger partial charge is 0.214 e. The lowest BCUT2D eigenvalue weighted by molar-refractivity contribution is 0.106. The Bertz CT molecular complexity index is 479. The maximum absolute atomic E-state index is 11.8. The van der Waals surface area contributed by atoms with Crippen LogP contribution in [0.15, 0.2) is 17.3 Å². The molecule has 0 radical (unpaired) electrons. The van der Waals surface area contributed by atoms with Crippen LogP contribution in [0.5, 0.6) is 11.5 Å². The number of ketones is 1. The molecule has 1 aliphatic carbocycles. The number of nitrogens with zero attached hydrogens (tertiary/aromatic N) is 1. The Kier molecular flexibility index (Phi) is 2.52. The second-order valence-electron chi connectivity index (χ2n) is 3.42. The van der Waals surface area contributed by atoms with Crippen molar-refractivity contribution in [3.05, 3.63) is 23.3 Å². The van der Waals surface area contributed by atoms with E-state index in [1.807, 2.05) is 0 Å². The minimum absolute atomic E-state index is 0.126. The van der Waals surface area contributed by atoms with Gasteiger partial charge in [0.1, 0.15) is 17.2 Å².